The van der Waals surface area contributed by atoms with E-state index in [0.717, 1.165) is 18.2 Å². The van der Waals surface area contributed by atoms with Crippen LogP contribution in [0.4, 0.5) is 24.5 Å². The molecular weight excluding hydrogens is 469 g/mol. The van der Waals surface area contributed by atoms with Crippen molar-refractivity contribution >= 4 is 29.5 Å². The number of rotatable bonds is 8. The van der Waals surface area contributed by atoms with Gasteiger partial charge in [-0.1, -0.05) is 12.1 Å². The summed E-state index contributed by atoms with van der Waals surface area (Å²) in [5.74, 6) is -1.16. The van der Waals surface area contributed by atoms with E-state index in [4.69, 9.17) is 4.74 Å². The summed E-state index contributed by atoms with van der Waals surface area (Å²) in [4.78, 5) is 34.2. The van der Waals surface area contributed by atoms with Gasteiger partial charge in [-0.15, -0.1) is 0 Å². The second-order valence-electron chi connectivity index (χ2n) is 6.99. The van der Waals surface area contributed by atoms with Gasteiger partial charge in [0.25, 0.3) is 11.6 Å². The molecule has 9 nitrogen and oxygen atoms in total. The van der Waals surface area contributed by atoms with Crippen LogP contribution in [-0.2, 0) is 11.0 Å². The summed E-state index contributed by atoms with van der Waals surface area (Å²) in [6.07, 6.45) is -3.17. The molecule has 0 saturated carbocycles. The third-order valence-electron chi connectivity index (χ3n) is 4.43. The van der Waals surface area contributed by atoms with Gasteiger partial charge in [0.15, 0.2) is 0 Å². The van der Waals surface area contributed by atoms with Crippen LogP contribution >= 0.6 is 0 Å². The molecule has 0 saturated heterocycles. The fourth-order valence-corrected chi connectivity index (χ4v) is 2.74. The first-order chi connectivity index (χ1) is 16.6. The van der Waals surface area contributed by atoms with Gasteiger partial charge in [-0.05, 0) is 54.1 Å². The number of nitro groups is 1. The largest absolute Gasteiger partial charge is 0.423 e. The highest BCUT2D eigenvalue weighted by Gasteiger charge is 2.30. The van der Waals surface area contributed by atoms with Crippen LogP contribution in [0.3, 0.4) is 0 Å². The van der Waals surface area contributed by atoms with Gasteiger partial charge < -0.3 is 10.1 Å². The Labute approximate surface area is 196 Å². The number of nitrogens with one attached hydrogen (secondary N) is 2. The molecule has 0 bridgehead atoms. The Hall–Kier alpha value is -4.74. The van der Waals surface area contributed by atoms with E-state index in [1.807, 2.05) is 0 Å². The SMILES string of the molecule is O=C(CNc1cccc(C(F)(F)F)c1)N/N=C/c1ccc(OC(=O)c2cccc([N+](=O)[O-])c2)cc1. The fourth-order valence-electron chi connectivity index (χ4n) is 2.74. The van der Waals surface area contributed by atoms with Crippen molar-refractivity contribution < 1.29 is 32.4 Å². The highest BCUT2D eigenvalue weighted by molar-refractivity contribution is 5.92. The predicted molar refractivity (Wildman–Crippen MR) is 120 cm³/mol. The quantitative estimate of drug-likeness (QED) is 0.160. The van der Waals surface area contributed by atoms with Crippen LogP contribution in [0.15, 0.2) is 77.9 Å². The van der Waals surface area contributed by atoms with Crippen molar-refractivity contribution in [3.8, 4) is 5.75 Å². The molecular formula is C23H17F3N4O5. The number of hydrogen-bond acceptors (Lipinski definition) is 7. The van der Waals surface area contributed by atoms with Gasteiger partial charge in [-0.3, -0.25) is 14.9 Å². The number of alkyl halides is 3. The standard InChI is InChI=1S/C23H17F3N4O5/c24-23(25,26)17-4-2-5-18(12-17)27-14-21(31)29-28-13-15-7-9-20(10-8-15)35-22(32)16-3-1-6-19(11-16)30(33)34/h1-13,27H,14H2,(H,29,31)/b28-13+. The van der Waals surface area contributed by atoms with Crippen LogP contribution in [0.2, 0.25) is 0 Å². The number of hydrazone groups is 1. The molecule has 3 rings (SSSR count). The summed E-state index contributed by atoms with van der Waals surface area (Å²) in [5, 5.41) is 17.2. The van der Waals surface area contributed by atoms with Crippen LogP contribution in [0.1, 0.15) is 21.5 Å². The van der Waals surface area contributed by atoms with Crippen LogP contribution in [0.5, 0.6) is 5.75 Å². The van der Waals surface area contributed by atoms with E-state index in [9.17, 15) is 32.9 Å². The number of esters is 1. The third kappa shape index (κ3) is 7.39. The molecule has 2 N–H and O–H groups in total. The molecule has 3 aromatic carbocycles. The van der Waals surface area contributed by atoms with Gasteiger partial charge in [0.1, 0.15) is 5.75 Å². The average molecular weight is 486 g/mol. The van der Waals surface area contributed by atoms with Crippen molar-refractivity contribution in [3.63, 3.8) is 0 Å². The Balaban J connectivity index is 1.49. The number of ether oxygens (including phenoxy) is 1. The highest BCUT2D eigenvalue weighted by atomic mass is 19.4. The van der Waals surface area contributed by atoms with E-state index < -0.39 is 28.5 Å². The molecule has 0 fully saturated rings. The Kier molecular flexibility index (Phi) is 7.77. The zero-order chi connectivity index (χ0) is 25.4. The summed E-state index contributed by atoms with van der Waals surface area (Å²) < 4.78 is 43.4. The summed E-state index contributed by atoms with van der Waals surface area (Å²) in [7, 11) is 0. The molecule has 0 aliphatic carbocycles. The summed E-state index contributed by atoms with van der Waals surface area (Å²) in [6.45, 7) is -0.300. The lowest BCUT2D eigenvalue weighted by Crippen LogP contribution is -2.26. The average Bonchev–Trinajstić information content (AvgIpc) is 2.83. The first-order valence-electron chi connectivity index (χ1n) is 9.91. The molecule has 0 aromatic heterocycles. The molecule has 0 aliphatic rings. The van der Waals surface area contributed by atoms with Gasteiger partial charge >= 0.3 is 12.1 Å². The number of nitrogens with zero attached hydrogens (tertiary/aromatic N) is 2. The summed E-state index contributed by atoms with van der Waals surface area (Å²) in [6, 6.07) is 15.6. The van der Waals surface area contributed by atoms with Crippen LogP contribution in [0.25, 0.3) is 0 Å². The van der Waals surface area contributed by atoms with Gasteiger partial charge in [-0.2, -0.15) is 18.3 Å². The number of halogens is 3. The summed E-state index contributed by atoms with van der Waals surface area (Å²) in [5.41, 5.74) is 1.86. The number of non-ortho nitro benzene ring substituents is 1. The fraction of sp³-hybridized carbons (Fsp3) is 0.0870. The maximum Gasteiger partial charge on any atom is 0.416 e. The topological polar surface area (TPSA) is 123 Å². The van der Waals surface area contributed by atoms with Crippen LogP contribution in [-0.4, -0.2) is 29.6 Å². The van der Waals surface area contributed by atoms with Gasteiger partial charge in [0.05, 0.1) is 28.8 Å². The first kappa shape index (κ1) is 24.9. The molecule has 0 aliphatic heterocycles. The van der Waals surface area contributed by atoms with Crippen molar-refractivity contribution in [2.45, 2.75) is 6.18 Å². The van der Waals surface area contributed by atoms with Crippen LogP contribution in [0, 0.1) is 10.1 Å². The van der Waals surface area contributed by atoms with Gasteiger partial charge in [0.2, 0.25) is 0 Å². The lowest BCUT2D eigenvalue weighted by atomic mass is 10.2. The minimum Gasteiger partial charge on any atom is -0.423 e. The lowest BCUT2D eigenvalue weighted by molar-refractivity contribution is -0.384. The predicted octanol–water partition coefficient (Wildman–Crippen LogP) is 4.40. The molecule has 180 valence electrons. The van der Waals surface area contributed by atoms with E-state index in [1.165, 1.54) is 48.7 Å². The minimum absolute atomic E-state index is 0.0197. The van der Waals surface area contributed by atoms with Crippen molar-refractivity contribution in [2.24, 2.45) is 5.10 Å². The molecule has 0 atom stereocenters. The highest BCUT2D eigenvalue weighted by Crippen LogP contribution is 2.30. The second kappa shape index (κ2) is 10.9. The first-order valence-corrected chi connectivity index (χ1v) is 9.91. The zero-order valence-electron chi connectivity index (χ0n) is 17.8. The Morgan fingerprint density at radius 1 is 1.03 bits per heavy atom. The van der Waals surface area contributed by atoms with E-state index in [2.05, 4.69) is 15.8 Å². The van der Waals surface area contributed by atoms with Crippen molar-refractivity contribution in [1.82, 2.24) is 5.43 Å². The van der Waals surface area contributed by atoms with E-state index >= 15 is 0 Å². The number of carbonyl (C=O) groups is 2. The molecule has 0 spiro atoms. The molecule has 0 radical (unpaired) electrons. The number of hydrogen-bond donors (Lipinski definition) is 2. The number of anilines is 1. The Morgan fingerprint density at radius 2 is 1.74 bits per heavy atom. The second-order valence-corrected chi connectivity index (χ2v) is 6.99. The molecule has 1 amide bonds. The minimum atomic E-state index is -4.49. The molecule has 12 heteroatoms. The van der Waals surface area contributed by atoms with Gasteiger partial charge in [-0.25, -0.2) is 10.2 Å². The van der Waals surface area contributed by atoms with Crippen LogP contribution < -0.4 is 15.5 Å². The van der Waals surface area contributed by atoms with E-state index in [0.29, 0.717) is 5.56 Å². The van der Waals surface area contributed by atoms with E-state index in [1.54, 1.807) is 12.1 Å². The summed E-state index contributed by atoms with van der Waals surface area (Å²) >= 11 is 0. The Bertz CT molecular complexity index is 1260. The molecule has 0 unspecified atom stereocenters. The lowest BCUT2D eigenvalue weighted by Gasteiger charge is -2.10. The number of nitro benzene ring substituents is 1. The van der Waals surface area contributed by atoms with Crippen molar-refractivity contribution in [1.29, 1.82) is 0 Å². The van der Waals surface area contributed by atoms with E-state index in [-0.39, 0.29) is 29.2 Å². The Morgan fingerprint density at radius 3 is 2.43 bits per heavy atom. The van der Waals surface area contributed by atoms with Crippen molar-refractivity contribution in [2.75, 3.05) is 11.9 Å². The normalized spacial score (nSPS) is 11.2. The van der Waals surface area contributed by atoms with Crippen molar-refractivity contribution in [3.05, 3.63) is 99.6 Å². The zero-order valence-corrected chi connectivity index (χ0v) is 17.8. The molecule has 35 heavy (non-hydrogen) atoms. The van der Waals surface area contributed by atoms with Gasteiger partial charge in [0, 0.05) is 17.8 Å². The number of benzene rings is 3. The number of carbonyl (C=O) groups excluding carboxylic acids is 2. The smallest absolute Gasteiger partial charge is 0.416 e. The molecule has 3 aromatic rings. The third-order valence-corrected chi connectivity index (χ3v) is 4.43. The number of amides is 1. The molecule has 0 heterocycles. The monoisotopic (exact) mass is 486 g/mol. The maximum absolute atomic E-state index is 12.7. The maximum atomic E-state index is 12.7.